The summed E-state index contributed by atoms with van der Waals surface area (Å²) in [5.41, 5.74) is 2.63. The van der Waals surface area contributed by atoms with E-state index in [2.05, 4.69) is 10.5 Å². The highest BCUT2D eigenvalue weighted by molar-refractivity contribution is 5.28. The van der Waals surface area contributed by atoms with E-state index in [0.717, 1.165) is 18.7 Å². The van der Waals surface area contributed by atoms with Crippen molar-refractivity contribution in [1.29, 1.82) is 0 Å². The molecule has 2 heterocycles. The van der Waals surface area contributed by atoms with E-state index < -0.39 is 0 Å². The number of nitrogens with zero attached hydrogens (tertiary/aromatic N) is 1. The molecule has 3 rings (SSSR count). The molecule has 1 aliphatic carbocycles. The van der Waals surface area contributed by atoms with Gasteiger partial charge in [0.2, 0.25) is 0 Å². The Morgan fingerprint density at radius 2 is 2.14 bits per heavy atom. The van der Waals surface area contributed by atoms with Crippen molar-refractivity contribution in [3.05, 3.63) is 17.0 Å². The summed E-state index contributed by atoms with van der Waals surface area (Å²) in [4.78, 5) is 0. The second-order valence-corrected chi connectivity index (χ2v) is 4.33. The molecule has 1 aliphatic heterocycles. The predicted octanol–water partition coefficient (Wildman–Crippen LogP) is 1.98. The molecular weight excluding hydrogens is 176 g/mol. The Morgan fingerprint density at radius 3 is 3.00 bits per heavy atom. The van der Waals surface area contributed by atoms with E-state index >= 15 is 0 Å². The smallest absolute Gasteiger partial charge is 0.157 e. The first-order chi connectivity index (χ1) is 6.95. The van der Waals surface area contributed by atoms with Crippen LogP contribution in [0.15, 0.2) is 4.52 Å². The molecule has 3 heteroatoms. The number of aryl methyl sites for hydroxylation is 1. The molecule has 1 N–H and O–H groups in total. The molecule has 1 aromatic heterocycles. The van der Waals surface area contributed by atoms with Crippen LogP contribution in [0, 0.1) is 0 Å². The third kappa shape index (κ3) is 1.27. The summed E-state index contributed by atoms with van der Waals surface area (Å²) in [6.45, 7) is 1.13. The second kappa shape index (κ2) is 3.39. The Kier molecular flexibility index (Phi) is 2.05. The molecule has 2 aliphatic rings. The monoisotopic (exact) mass is 192 g/mol. The van der Waals surface area contributed by atoms with Crippen molar-refractivity contribution < 1.29 is 4.52 Å². The third-order valence-corrected chi connectivity index (χ3v) is 3.37. The zero-order valence-corrected chi connectivity index (χ0v) is 8.38. The normalized spacial score (nSPS) is 26.4. The van der Waals surface area contributed by atoms with Crippen LogP contribution in [-0.2, 0) is 12.8 Å². The van der Waals surface area contributed by atoms with E-state index in [1.54, 1.807) is 0 Å². The molecule has 0 amide bonds. The number of aromatic nitrogens is 1. The lowest BCUT2D eigenvalue weighted by molar-refractivity contribution is 0.346. The average molecular weight is 192 g/mol. The first-order valence-corrected chi connectivity index (χ1v) is 5.66. The molecule has 3 nitrogen and oxygen atoms in total. The molecule has 1 aromatic rings. The highest BCUT2D eigenvalue weighted by Crippen LogP contribution is 2.31. The van der Waals surface area contributed by atoms with Crippen molar-refractivity contribution in [2.45, 2.75) is 44.6 Å². The minimum atomic E-state index is 0.448. The van der Waals surface area contributed by atoms with Crippen LogP contribution in [-0.4, -0.2) is 11.7 Å². The predicted molar refractivity (Wildman–Crippen MR) is 53.1 cm³/mol. The Bertz CT molecular complexity index is 326. The fraction of sp³-hybridized carbons (Fsp3) is 0.727. The van der Waals surface area contributed by atoms with Gasteiger partial charge in [-0.1, -0.05) is 5.16 Å². The van der Waals surface area contributed by atoms with Crippen molar-refractivity contribution in [2.24, 2.45) is 0 Å². The van der Waals surface area contributed by atoms with Gasteiger partial charge in [-0.05, 0) is 45.1 Å². The van der Waals surface area contributed by atoms with Gasteiger partial charge in [-0.15, -0.1) is 0 Å². The number of rotatable bonds is 1. The lowest BCUT2D eigenvalue weighted by Crippen LogP contribution is -2.14. The van der Waals surface area contributed by atoms with Crippen molar-refractivity contribution >= 4 is 0 Å². The van der Waals surface area contributed by atoms with Gasteiger partial charge in [0.15, 0.2) is 5.76 Å². The van der Waals surface area contributed by atoms with Crippen molar-refractivity contribution in [3.8, 4) is 0 Å². The standard InChI is InChI=1S/C11H16N2O/c1-2-5-9-8(4-1)11(14-13-9)10-6-3-7-12-10/h10,12H,1-7H2/t10-/m0/s1. The van der Waals surface area contributed by atoms with Crippen molar-refractivity contribution in [1.82, 2.24) is 10.5 Å². The van der Waals surface area contributed by atoms with Crippen LogP contribution in [0.2, 0.25) is 0 Å². The highest BCUT2D eigenvalue weighted by Gasteiger charge is 2.27. The maximum Gasteiger partial charge on any atom is 0.157 e. The molecule has 0 aromatic carbocycles. The molecule has 76 valence electrons. The van der Waals surface area contributed by atoms with Gasteiger partial charge in [-0.3, -0.25) is 0 Å². The third-order valence-electron chi connectivity index (χ3n) is 3.37. The number of hydrogen-bond donors (Lipinski definition) is 1. The molecule has 1 fully saturated rings. The van der Waals surface area contributed by atoms with Gasteiger partial charge in [-0.2, -0.15) is 0 Å². The Balaban J connectivity index is 1.93. The van der Waals surface area contributed by atoms with Gasteiger partial charge >= 0.3 is 0 Å². The molecule has 0 spiro atoms. The van der Waals surface area contributed by atoms with E-state index in [4.69, 9.17) is 4.52 Å². The summed E-state index contributed by atoms with van der Waals surface area (Å²) < 4.78 is 5.49. The molecule has 14 heavy (non-hydrogen) atoms. The minimum absolute atomic E-state index is 0.448. The topological polar surface area (TPSA) is 38.1 Å². The number of fused-ring (bicyclic) bond motifs is 1. The molecule has 0 radical (unpaired) electrons. The van der Waals surface area contributed by atoms with Gasteiger partial charge in [0.05, 0.1) is 11.7 Å². The largest absolute Gasteiger partial charge is 0.359 e. The lowest BCUT2D eigenvalue weighted by atomic mass is 9.94. The molecule has 1 atom stereocenters. The van der Waals surface area contributed by atoms with Crippen LogP contribution in [0.5, 0.6) is 0 Å². The summed E-state index contributed by atoms with van der Waals surface area (Å²) in [5, 5.41) is 7.66. The van der Waals surface area contributed by atoms with E-state index in [1.807, 2.05) is 0 Å². The summed E-state index contributed by atoms with van der Waals surface area (Å²) >= 11 is 0. The second-order valence-electron chi connectivity index (χ2n) is 4.33. The Morgan fingerprint density at radius 1 is 1.21 bits per heavy atom. The molecular formula is C11H16N2O. The minimum Gasteiger partial charge on any atom is -0.359 e. The van der Waals surface area contributed by atoms with Gasteiger partial charge in [0.1, 0.15) is 0 Å². The van der Waals surface area contributed by atoms with Crippen LogP contribution in [0.25, 0.3) is 0 Å². The SMILES string of the molecule is C1CCc2c(noc2[C@@H]2CCCN2)C1. The fourth-order valence-corrected chi connectivity index (χ4v) is 2.60. The molecule has 0 saturated carbocycles. The summed E-state index contributed by atoms with van der Waals surface area (Å²) in [6.07, 6.45) is 7.34. The molecule has 0 bridgehead atoms. The van der Waals surface area contributed by atoms with E-state index in [0.29, 0.717) is 6.04 Å². The lowest BCUT2D eigenvalue weighted by Gasteiger charge is -2.12. The van der Waals surface area contributed by atoms with Gasteiger partial charge in [0.25, 0.3) is 0 Å². The van der Waals surface area contributed by atoms with E-state index in [-0.39, 0.29) is 0 Å². The summed E-state index contributed by atoms with van der Waals surface area (Å²) in [7, 11) is 0. The fourth-order valence-electron chi connectivity index (χ4n) is 2.60. The zero-order chi connectivity index (χ0) is 9.38. The Labute approximate surface area is 83.9 Å². The van der Waals surface area contributed by atoms with Crippen molar-refractivity contribution in [3.63, 3.8) is 0 Å². The average Bonchev–Trinajstić information content (AvgIpc) is 2.85. The Hall–Kier alpha value is -0.830. The zero-order valence-electron chi connectivity index (χ0n) is 8.38. The maximum atomic E-state index is 5.49. The van der Waals surface area contributed by atoms with Crippen LogP contribution in [0.1, 0.15) is 48.7 Å². The number of nitrogens with one attached hydrogen (secondary N) is 1. The number of hydrogen-bond acceptors (Lipinski definition) is 3. The first-order valence-electron chi connectivity index (χ1n) is 5.66. The van der Waals surface area contributed by atoms with Crippen molar-refractivity contribution in [2.75, 3.05) is 6.54 Å². The highest BCUT2D eigenvalue weighted by atomic mass is 16.5. The summed E-state index contributed by atoms with van der Waals surface area (Å²) in [6, 6.07) is 0.448. The van der Waals surface area contributed by atoms with Crippen LogP contribution >= 0.6 is 0 Å². The molecule has 1 saturated heterocycles. The van der Waals surface area contributed by atoms with E-state index in [9.17, 15) is 0 Å². The van der Waals surface area contributed by atoms with Gasteiger partial charge in [0, 0.05) is 5.56 Å². The van der Waals surface area contributed by atoms with Crippen LogP contribution in [0.3, 0.4) is 0 Å². The molecule has 0 unspecified atom stereocenters. The maximum absolute atomic E-state index is 5.49. The van der Waals surface area contributed by atoms with E-state index in [1.165, 1.54) is 43.4 Å². The van der Waals surface area contributed by atoms with Crippen LogP contribution in [0.4, 0.5) is 0 Å². The van der Waals surface area contributed by atoms with Gasteiger partial charge in [-0.25, -0.2) is 0 Å². The summed E-state index contributed by atoms with van der Waals surface area (Å²) in [5.74, 6) is 1.14. The first kappa shape index (κ1) is 8.48. The van der Waals surface area contributed by atoms with Crippen LogP contribution < -0.4 is 5.32 Å². The van der Waals surface area contributed by atoms with Gasteiger partial charge < -0.3 is 9.84 Å². The quantitative estimate of drug-likeness (QED) is 0.739.